The number of benzene rings is 1. The highest BCUT2D eigenvalue weighted by Crippen LogP contribution is 2.21. The molecule has 0 amide bonds. The predicted octanol–water partition coefficient (Wildman–Crippen LogP) is 3.83. The van der Waals surface area contributed by atoms with E-state index in [1.807, 2.05) is 18.4 Å². The number of hydrogen-bond donors (Lipinski definition) is 1. The molecule has 1 aromatic heterocycles. The van der Waals surface area contributed by atoms with E-state index in [9.17, 15) is 0 Å². The molecule has 98 valence electrons. The first kappa shape index (κ1) is 14.0. The van der Waals surface area contributed by atoms with Gasteiger partial charge in [-0.25, -0.2) is 4.98 Å². The second-order valence-electron chi connectivity index (χ2n) is 4.35. The van der Waals surface area contributed by atoms with E-state index in [0.29, 0.717) is 17.1 Å². The van der Waals surface area contributed by atoms with Crippen LogP contribution in [-0.2, 0) is 6.54 Å². The molecule has 2 rings (SSSR count). The van der Waals surface area contributed by atoms with Crippen molar-refractivity contribution in [2.24, 2.45) is 0 Å². The van der Waals surface area contributed by atoms with Crippen LogP contribution in [0.5, 0.6) is 0 Å². The lowest BCUT2D eigenvalue weighted by Crippen LogP contribution is -2.18. The minimum absolute atomic E-state index is 0.186. The van der Waals surface area contributed by atoms with Crippen molar-refractivity contribution in [1.82, 2.24) is 10.3 Å². The number of thiazole rings is 1. The summed E-state index contributed by atoms with van der Waals surface area (Å²) in [5, 5.41) is 15.9. The van der Waals surface area contributed by atoms with E-state index in [2.05, 4.69) is 23.3 Å². The van der Waals surface area contributed by atoms with Gasteiger partial charge >= 0.3 is 0 Å². The quantitative estimate of drug-likeness (QED) is 0.931. The van der Waals surface area contributed by atoms with E-state index in [4.69, 9.17) is 16.9 Å². The third kappa shape index (κ3) is 3.54. The molecule has 1 unspecified atom stereocenters. The van der Waals surface area contributed by atoms with Crippen molar-refractivity contribution in [2.75, 3.05) is 0 Å². The summed E-state index contributed by atoms with van der Waals surface area (Å²) in [6.45, 7) is 4.73. The van der Waals surface area contributed by atoms with Crippen molar-refractivity contribution in [1.29, 1.82) is 5.26 Å². The molecule has 3 nitrogen and oxygen atoms in total. The second-order valence-corrected chi connectivity index (χ2v) is 5.64. The SMILES string of the molecule is Cc1csc(C(C)NCc2ccc(C#N)cc2Cl)n1. The van der Waals surface area contributed by atoms with Crippen LogP contribution in [-0.4, -0.2) is 4.98 Å². The summed E-state index contributed by atoms with van der Waals surface area (Å²) >= 11 is 7.79. The Morgan fingerprint density at radius 3 is 2.89 bits per heavy atom. The van der Waals surface area contributed by atoms with Crippen molar-refractivity contribution >= 4 is 22.9 Å². The van der Waals surface area contributed by atoms with Crippen LogP contribution in [0.15, 0.2) is 23.6 Å². The first-order valence-electron chi connectivity index (χ1n) is 5.94. The van der Waals surface area contributed by atoms with Gasteiger partial charge in [-0.2, -0.15) is 5.26 Å². The van der Waals surface area contributed by atoms with Crippen LogP contribution in [0.4, 0.5) is 0 Å². The summed E-state index contributed by atoms with van der Waals surface area (Å²) in [4.78, 5) is 4.45. The molecule has 1 atom stereocenters. The van der Waals surface area contributed by atoms with Crippen LogP contribution in [0.2, 0.25) is 5.02 Å². The number of hydrogen-bond acceptors (Lipinski definition) is 4. The van der Waals surface area contributed by atoms with Crippen LogP contribution in [0.1, 0.15) is 34.8 Å². The van der Waals surface area contributed by atoms with E-state index in [1.165, 1.54) is 0 Å². The molecule has 0 aliphatic rings. The number of aromatic nitrogens is 1. The van der Waals surface area contributed by atoms with Gasteiger partial charge in [-0.05, 0) is 31.5 Å². The highest BCUT2D eigenvalue weighted by molar-refractivity contribution is 7.09. The molecule has 5 heteroatoms. The monoisotopic (exact) mass is 291 g/mol. The first-order valence-corrected chi connectivity index (χ1v) is 7.20. The zero-order valence-corrected chi connectivity index (χ0v) is 12.3. The molecule has 1 N–H and O–H groups in total. The summed E-state index contributed by atoms with van der Waals surface area (Å²) in [7, 11) is 0. The molecule has 0 aliphatic heterocycles. The molecule has 19 heavy (non-hydrogen) atoms. The lowest BCUT2D eigenvalue weighted by atomic mass is 10.1. The smallest absolute Gasteiger partial charge is 0.110 e. The van der Waals surface area contributed by atoms with Gasteiger partial charge in [0.1, 0.15) is 5.01 Å². The van der Waals surface area contributed by atoms with Gasteiger partial charge in [0.05, 0.1) is 17.7 Å². The molecule has 0 fully saturated rings. The average Bonchev–Trinajstić information content (AvgIpc) is 2.83. The number of nitrogens with zero attached hydrogens (tertiary/aromatic N) is 2. The Labute approximate surface area is 121 Å². The van der Waals surface area contributed by atoms with E-state index < -0.39 is 0 Å². The fraction of sp³-hybridized carbons (Fsp3) is 0.286. The Morgan fingerprint density at radius 2 is 2.32 bits per heavy atom. The highest BCUT2D eigenvalue weighted by atomic mass is 35.5. The largest absolute Gasteiger partial charge is 0.304 e. The Hall–Kier alpha value is -1.41. The van der Waals surface area contributed by atoms with Gasteiger partial charge in [0, 0.05) is 22.6 Å². The zero-order chi connectivity index (χ0) is 13.8. The number of nitriles is 1. The molecule has 0 saturated carbocycles. The Balaban J connectivity index is 2.01. The highest BCUT2D eigenvalue weighted by Gasteiger charge is 2.10. The molecule has 0 radical (unpaired) electrons. The Morgan fingerprint density at radius 1 is 1.53 bits per heavy atom. The fourth-order valence-electron chi connectivity index (χ4n) is 1.68. The first-order chi connectivity index (χ1) is 9.10. The van der Waals surface area contributed by atoms with Crippen molar-refractivity contribution in [3.8, 4) is 6.07 Å². The summed E-state index contributed by atoms with van der Waals surface area (Å²) in [5.41, 5.74) is 2.61. The molecular weight excluding hydrogens is 278 g/mol. The van der Waals surface area contributed by atoms with Crippen LogP contribution < -0.4 is 5.32 Å². The summed E-state index contributed by atoms with van der Waals surface area (Å²) in [6, 6.07) is 7.61. The molecule has 0 spiro atoms. The van der Waals surface area contributed by atoms with Gasteiger partial charge < -0.3 is 5.32 Å². The normalized spacial score (nSPS) is 12.1. The van der Waals surface area contributed by atoms with Crippen LogP contribution >= 0.6 is 22.9 Å². The van der Waals surface area contributed by atoms with Gasteiger partial charge in [-0.1, -0.05) is 17.7 Å². The van der Waals surface area contributed by atoms with Gasteiger partial charge in [0.2, 0.25) is 0 Å². The average molecular weight is 292 g/mol. The summed E-state index contributed by atoms with van der Waals surface area (Å²) in [5.74, 6) is 0. The lowest BCUT2D eigenvalue weighted by molar-refractivity contribution is 0.571. The zero-order valence-electron chi connectivity index (χ0n) is 10.8. The fourth-order valence-corrected chi connectivity index (χ4v) is 2.76. The van der Waals surface area contributed by atoms with Crippen LogP contribution in [0.25, 0.3) is 0 Å². The van der Waals surface area contributed by atoms with Crippen molar-refractivity contribution in [3.63, 3.8) is 0 Å². The van der Waals surface area contributed by atoms with Gasteiger partial charge in [-0.15, -0.1) is 11.3 Å². The van der Waals surface area contributed by atoms with E-state index >= 15 is 0 Å². The maximum absolute atomic E-state index is 8.79. The van der Waals surface area contributed by atoms with Crippen LogP contribution in [0.3, 0.4) is 0 Å². The minimum atomic E-state index is 0.186. The maximum atomic E-state index is 8.79. The molecule has 2 aromatic rings. The van der Waals surface area contributed by atoms with Gasteiger partial charge in [0.15, 0.2) is 0 Å². The lowest BCUT2D eigenvalue weighted by Gasteiger charge is -2.12. The Kier molecular flexibility index (Phi) is 4.54. The van der Waals surface area contributed by atoms with Crippen LogP contribution in [0, 0.1) is 18.3 Å². The topological polar surface area (TPSA) is 48.7 Å². The minimum Gasteiger partial charge on any atom is -0.304 e. The van der Waals surface area contributed by atoms with Crippen molar-refractivity contribution < 1.29 is 0 Å². The maximum Gasteiger partial charge on any atom is 0.110 e. The molecule has 1 heterocycles. The standard InChI is InChI=1S/C14H14ClN3S/c1-9-8-19-14(18-9)10(2)17-7-12-4-3-11(6-16)5-13(12)15/h3-5,8,10,17H,7H2,1-2H3. The number of rotatable bonds is 4. The Bertz CT molecular complexity index is 615. The third-order valence-electron chi connectivity index (χ3n) is 2.79. The molecular formula is C14H14ClN3S. The molecule has 1 aromatic carbocycles. The van der Waals surface area contributed by atoms with Crippen molar-refractivity contribution in [3.05, 3.63) is 50.4 Å². The molecule has 0 saturated heterocycles. The molecule has 0 bridgehead atoms. The number of nitrogens with one attached hydrogen (secondary N) is 1. The summed E-state index contributed by atoms with van der Waals surface area (Å²) < 4.78 is 0. The van der Waals surface area contributed by atoms with Gasteiger partial charge in [0.25, 0.3) is 0 Å². The number of halogens is 1. The predicted molar refractivity (Wildman–Crippen MR) is 78.3 cm³/mol. The molecule has 0 aliphatic carbocycles. The third-order valence-corrected chi connectivity index (χ3v) is 4.29. The van der Waals surface area contributed by atoms with Crippen molar-refractivity contribution in [2.45, 2.75) is 26.4 Å². The van der Waals surface area contributed by atoms with E-state index in [1.54, 1.807) is 23.5 Å². The second kappa shape index (κ2) is 6.16. The number of aryl methyl sites for hydroxylation is 1. The summed E-state index contributed by atoms with van der Waals surface area (Å²) in [6.07, 6.45) is 0. The van der Waals surface area contributed by atoms with Gasteiger partial charge in [-0.3, -0.25) is 0 Å². The van der Waals surface area contributed by atoms with E-state index in [-0.39, 0.29) is 6.04 Å². The van der Waals surface area contributed by atoms with E-state index in [0.717, 1.165) is 16.3 Å².